The molecule has 0 unspecified atom stereocenters. The summed E-state index contributed by atoms with van der Waals surface area (Å²) in [7, 11) is -3.28. The first-order chi connectivity index (χ1) is 12.0. The highest BCUT2D eigenvalue weighted by molar-refractivity contribution is 7.90. The molecule has 140 valence electrons. The van der Waals surface area contributed by atoms with E-state index in [2.05, 4.69) is 5.32 Å². The molecule has 1 aromatic rings. The van der Waals surface area contributed by atoms with Gasteiger partial charge in [0.1, 0.15) is 13.1 Å². The fourth-order valence-electron chi connectivity index (χ4n) is 2.89. The van der Waals surface area contributed by atoms with Gasteiger partial charge in [-0.05, 0) is 18.1 Å². The highest BCUT2D eigenvalue weighted by Crippen LogP contribution is 2.12. The van der Waals surface area contributed by atoms with Gasteiger partial charge in [0.05, 0.1) is 31.3 Å². The van der Waals surface area contributed by atoms with Crippen LogP contribution in [0, 0.1) is 6.92 Å². The Balaban J connectivity index is 1.64. The summed E-state index contributed by atoms with van der Waals surface area (Å²) in [6.07, 6.45) is 0.926. The summed E-state index contributed by atoms with van der Waals surface area (Å²) in [4.78, 5) is 13.4. The maximum absolute atomic E-state index is 12.2. The fraction of sp³-hybridized carbons (Fsp3) is 0.611. The summed E-state index contributed by atoms with van der Waals surface area (Å²) in [5, 5.41) is 2.82. The number of aryl methyl sites for hydroxylation is 1. The van der Waals surface area contributed by atoms with Gasteiger partial charge in [-0.2, -0.15) is 0 Å². The standard InChI is InChI=1S/C18H28N2O4S/c1-16-5-2-3-6-17(16)15-25(22,23)14-7-18(21)19-8-4-9-20-10-12-24-13-11-20/h2-3,5-6H,4,7-15H2,1H3,(H,19,21)/p+1. The molecule has 1 aromatic carbocycles. The van der Waals surface area contributed by atoms with Crippen LogP contribution in [-0.4, -0.2) is 59.5 Å². The number of carbonyl (C=O) groups is 1. The van der Waals surface area contributed by atoms with E-state index in [4.69, 9.17) is 4.74 Å². The Morgan fingerprint density at radius 2 is 1.96 bits per heavy atom. The van der Waals surface area contributed by atoms with Gasteiger partial charge in [0.15, 0.2) is 9.84 Å². The van der Waals surface area contributed by atoms with Gasteiger partial charge in [-0.15, -0.1) is 0 Å². The molecule has 6 nitrogen and oxygen atoms in total. The Morgan fingerprint density at radius 1 is 1.24 bits per heavy atom. The lowest BCUT2D eigenvalue weighted by Crippen LogP contribution is -3.14. The van der Waals surface area contributed by atoms with E-state index < -0.39 is 9.84 Å². The Hall–Kier alpha value is -1.44. The van der Waals surface area contributed by atoms with Crippen LogP contribution < -0.4 is 10.2 Å². The Morgan fingerprint density at radius 3 is 2.68 bits per heavy atom. The minimum absolute atomic E-state index is 0.00660. The third-order valence-electron chi connectivity index (χ3n) is 4.51. The van der Waals surface area contributed by atoms with E-state index in [0.29, 0.717) is 6.54 Å². The molecule has 7 heteroatoms. The zero-order chi connectivity index (χ0) is 18.1. The van der Waals surface area contributed by atoms with Crippen molar-refractivity contribution in [3.8, 4) is 0 Å². The predicted molar refractivity (Wildman–Crippen MR) is 97.3 cm³/mol. The molecule has 0 spiro atoms. The second-order valence-corrected chi connectivity index (χ2v) is 8.77. The van der Waals surface area contributed by atoms with Crippen LogP contribution in [0.4, 0.5) is 0 Å². The lowest BCUT2D eigenvalue weighted by atomic mass is 10.1. The lowest BCUT2D eigenvalue weighted by molar-refractivity contribution is -0.908. The van der Waals surface area contributed by atoms with Crippen LogP contribution in [0.2, 0.25) is 0 Å². The molecule has 1 aliphatic rings. The van der Waals surface area contributed by atoms with Crippen molar-refractivity contribution in [1.82, 2.24) is 5.32 Å². The zero-order valence-corrected chi connectivity index (χ0v) is 15.7. The third-order valence-corrected chi connectivity index (χ3v) is 6.08. The summed E-state index contributed by atoms with van der Waals surface area (Å²) in [6, 6.07) is 7.44. The summed E-state index contributed by atoms with van der Waals surface area (Å²) < 4.78 is 29.7. The largest absolute Gasteiger partial charge is 0.370 e. The number of hydrogen-bond acceptors (Lipinski definition) is 4. The fourth-order valence-corrected chi connectivity index (χ4v) is 4.33. The van der Waals surface area contributed by atoms with E-state index in [9.17, 15) is 13.2 Å². The predicted octanol–water partition coefficient (Wildman–Crippen LogP) is -0.279. The van der Waals surface area contributed by atoms with Crippen molar-refractivity contribution in [1.29, 1.82) is 0 Å². The second kappa shape index (κ2) is 9.89. The molecule has 1 fully saturated rings. The number of quaternary nitrogens is 1. The van der Waals surface area contributed by atoms with Crippen LogP contribution in [0.1, 0.15) is 24.0 Å². The van der Waals surface area contributed by atoms with Crippen LogP contribution in [-0.2, 0) is 25.1 Å². The highest BCUT2D eigenvalue weighted by Gasteiger charge is 2.16. The van der Waals surface area contributed by atoms with Crippen molar-refractivity contribution in [2.45, 2.75) is 25.5 Å². The number of benzene rings is 1. The molecule has 2 rings (SSSR count). The molecule has 0 radical (unpaired) electrons. The summed E-state index contributed by atoms with van der Waals surface area (Å²) >= 11 is 0. The van der Waals surface area contributed by atoms with Gasteiger partial charge in [0.25, 0.3) is 0 Å². The van der Waals surface area contributed by atoms with Crippen molar-refractivity contribution < 1.29 is 22.8 Å². The molecular formula is C18H29N2O4S+. The van der Waals surface area contributed by atoms with Gasteiger partial charge >= 0.3 is 0 Å². The van der Waals surface area contributed by atoms with Crippen molar-refractivity contribution in [3.05, 3.63) is 35.4 Å². The Bertz CT molecular complexity index is 655. The Labute approximate surface area is 150 Å². The third kappa shape index (κ3) is 7.54. The average Bonchev–Trinajstić information content (AvgIpc) is 2.60. The summed E-state index contributed by atoms with van der Waals surface area (Å²) in [6.45, 7) is 7.15. The van der Waals surface area contributed by atoms with E-state index in [-0.39, 0.29) is 23.8 Å². The molecule has 25 heavy (non-hydrogen) atoms. The number of nitrogens with one attached hydrogen (secondary N) is 2. The molecule has 0 aliphatic carbocycles. The van der Waals surface area contributed by atoms with E-state index in [1.807, 2.05) is 31.2 Å². The first-order valence-corrected chi connectivity index (χ1v) is 10.7. The SMILES string of the molecule is Cc1ccccc1CS(=O)(=O)CCC(=O)NCCC[NH+]1CCOCC1. The number of hydrogen-bond donors (Lipinski definition) is 2. The molecule has 2 N–H and O–H groups in total. The second-order valence-electron chi connectivity index (χ2n) is 6.58. The molecule has 1 saturated heterocycles. The van der Waals surface area contributed by atoms with Gasteiger partial charge < -0.3 is 15.0 Å². The minimum Gasteiger partial charge on any atom is -0.370 e. The summed E-state index contributed by atoms with van der Waals surface area (Å²) in [5.74, 6) is -0.305. The topological polar surface area (TPSA) is 76.9 Å². The monoisotopic (exact) mass is 369 g/mol. The normalized spacial score (nSPS) is 15.9. The maximum atomic E-state index is 12.2. The number of carbonyl (C=O) groups excluding carboxylic acids is 1. The number of amides is 1. The molecule has 1 aliphatic heterocycles. The van der Waals surface area contributed by atoms with Crippen LogP contribution in [0.15, 0.2) is 24.3 Å². The smallest absolute Gasteiger partial charge is 0.221 e. The van der Waals surface area contributed by atoms with Crippen LogP contribution in [0.5, 0.6) is 0 Å². The van der Waals surface area contributed by atoms with Gasteiger partial charge in [-0.1, -0.05) is 24.3 Å². The van der Waals surface area contributed by atoms with Crippen LogP contribution in [0.3, 0.4) is 0 Å². The van der Waals surface area contributed by atoms with E-state index >= 15 is 0 Å². The number of sulfone groups is 1. The lowest BCUT2D eigenvalue weighted by Gasteiger charge is -2.23. The first-order valence-electron chi connectivity index (χ1n) is 8.89. The molecular weight excluding hydrogens is 340 g/mol. The highest BCUT2D eigenvalue weighted by atomic mass is 32.2. The summed E-state index contributed by atoms with van der Waals surface area (Å²) in [5.41, 5.74) is 1.76. The van der Waals surface area contributed by atoms with Crippen LogP contribution in [0.25, 0.3) is 0 Å². The minimum atomic E-state index is -3.28. The Kier molecular flexibility index (Phi) is 7.87. The van der Waals surface area contributed by atoms with Crippen molar-refractivity contribution >= 4 is 15.7 Å². The van der Waals surface area contributed by atoms with E-state index in [1.54, 1.807) is 0 Å². The molecule has 1 amide bonds. The van der Waals surface area contributed by atoms with Gasteiger partial charge in [0, 0.05) is 19.4 Å². The van der Waals surface area contributed by atoms with Crippen molar-refractivity contribution in [2.75, 3.05) is 45.1 Å². The first kappa shape index (κ1) is 19.9. The van der Waals surface area contributed by atoms with Crippen molar-refractivity contribution in [2.24, 2.45) is 0 Å². The molecule has 0 saturated carbocycles. The number of rotatable bonds is 9. The van der Waals surface area contributed by atoms with Gasteiger partial charge in [0.2, 0.25) is 5.91 Å². The molecule has 0 atom stereocenters. The number of ether oxygens (including phenoxy) is 1. The quantitative estimate of drug-likeness (QED) is 0.587. The average molecular weight is 370 g/mol. The van der Waals surface area contributed by atoms with E-state index in [0.717, 1.165) is 50.4 Å². The molecule has 1 heterocycles. The van der Waals surface area contributed by atoms with Gasteiger partial charge in [-0.25, -0.2) is 8.42 Å². The zero-order valence-electron chi connectivity index (χ0n) is 14.9. The van der Waals surface area contributed by atoms with Crippen LogP contribution >= 0.6 is 0 Å². The molecule has 0 bridgehead atoms. The van der Waals surface area contributed by atoms with E-state index in [1.165, 1.54) is 4.90 Å². The van der Waals surface area contributed by atoms with Crippen molar-refractivity contribution in [3.63, 3.8) is 0 Å². The maximum Gasteiger partial charge on any atom is 0.221 e. The van der Waals surface area contributed by atoms with Gasteiger partial charge in [-0.3, -0.25) is 4.79 Å². The number of morpholine rings is 1. The molecule has 0 aromatic heterocycles.